The highest BCUT2D eigenvalue weighted by molar-refractivity contribution is 7.89. The van der Waals surface area contributed by atoms with Crippen molar-refractivity contribution in [2.24, 2.45) is 17.6 Å². The number of nitrogens with two attached hydrogens (primary N) is 1. The van der Waals surface area contributed by atoms with E-state index in [1.165, 1.54) is 29.8 Å². The summed E-state index contributed by atoms with van der Waals surface area (Å²) in [5.41, 5.74) is 6.23. The molecule has 1 saturated carbocycles. The maximum absolute atomic E-state index is 13.9. The highest BCUT2D eigenvalue weighted by atomic mass is 32.2. The minimum Gasteiger partial charge on any atom is -0.326 e. The summed E-state index contributed by atoms with van der Waals surface area (Å²) in [4.78, 5) is 0.0722. The Kier molecular flexibility index (Phi) is 3.80. The Morgan fingerprint density at radius 3 is 2.48 bits per heavy atom. The first-order valence-corrected chi connectivity index (χ1v) is 8.86. The van der Waals surface area contributed by atoms with E-state index in [9.17, 15) is 12.8 Å². The smallest absolute Gasteiger partial charge is 0.243 e. The van der Waals surface area contributed by atoms with E-state index in [0.717, 1.165) is 12.8 Å². The summed E-state index contributed by atoms with van der Waals surface area (Å²) in [7, 11) is -3.63. The van der Waals surface area contributed by atoms with E-state index < -0.39 is 15.8 Å². The topological polar surface area (TPSA) is 63.4 Å². The number of hydrogen-bond donors (Lipinski definition) is 1. The Morgan fingerprint density at radius 2 is 1.90 bits per heavy atom. The molecule has 1 aromatic carbocycles. The third-order valence-corrected chi connectivity index (χ3v) is 6.86. The summed E-state index contributed by atoms with van der Waals surface area (Å²) in [5, 5.41) is 0. The third kappa shape index (κ3) is 2.49. The molecular formula is C15H21FN2O2S. The lowest BCUT2D eigenvalue weighted by molar-refractivity contribution is 0.444. The van der Waals surface area contributed by atoms with E-state index in [1.807, 2.05) is 0 Å². The molecule has 2 N–H and O–H groups in total. The van der Waals surface area contributed by atoms with E-state index in [4.69, 9.17) is 5.73 Å². The molecule has 0 bridgehead atoms. The van der Waals surface area contributed by atoms with Crippen LogP contribution in [0.5, 0.6) is 0 Å². The minimum absolute atomic E-state index is 0.0722. The second-order valence-electron chi connectivity index (χ2n) is 6.18. The van der Waals surface area contributed by atoms with Gasteiger partial charge in [0.2, 0.25) is 10.0 Å². The zero-order chi connectivity index (χ0) is 15.2. The van der Waals surface area contributed by atoms with Gasteiger partial charge in [0.25, 0.3) is 0 Å². The van der Waals surface area contributed by atoms with Gasteiger partial charge in [0.05, 0.1) is 4.90 Å². The fraction of sp³-hybridized carbons (Fsp3) is 0.600. The van der Waals surface area contributed by atoms with Crippen molar-refractivity contribution < 1.29 is 12.8 Å². The van der Waals surface area contributed by atoms with Crippen LogP contribution in [0.3, 0.4) is 0 Å². The number of nitrogens with zero attached hydrogens (tertiary/aromatic N) is 1. The van der Waals surface area contributed by atoms with E-state index >= 15 is 0 Å². The highest BCUT2D eigenvalue weighted by Gasteiger charge is 2.42. The van der Waals surface area contributed by atoms with Crippen LogP contribution in [0.2, 0.25) is 0 Å². The van der Waals surface area contributed by atoms with Crippen LogP contribution in [-0.2, 0) is 16.6 Å². The van der Waals surface area contributed by atoms with Crippen LogP contribution in [0, 0.1) is 24.6 Å². The third-order valence-electron chi connectivity index (χ3n) is 4.90. The lowest BCUT2D eigenvalue weighted by Gasteiger charge is -2.19. The molecule has 1 heterocycles. The predicted molar refractivity (Wildman–Crippen MR) is 78.6 cm³/mol. The van der Waals surface area contributed by atoms with Crippen molar-refractivity contribution in [3.8, 4) is 0 Å². The zero-order valence-corrected chi connectivity index (χ0v) is 13.0. The van der Waals surface area contributed by atoms with Gasteiger partial charge in [0.1, 0.15) is 5.82 Å². The molecule has 4 nitrogen and oxygen atoms in total. The van der Waals surface area contributed by atoms with Gasteiger partial charge in [-0.3, -0.25) is 0 Å². The Morgan fingerprint density at radius 1 is 1.29 bits per heavy atom. The standard InChI is InChI=1S/C15H21FN2O2S/c1-10-14(16)5-11(7-17)6-15(10)21(19,20)18-8-12-3-2-4-13(12)9-18/h5-6,12-13H,2-4,7-9,17H2,1H3. The quantitative estimate of drug-likeness (QED) is 0.928. The number of rotatable bonds is 3. The van der Waals surface area contributed by atoms with Crippen molar-refractivity contribution >= 4 is 10.0 Å². The van der Waals surface area contributed by atoms with Gasteiger partial charge in [-0.05, 0) is 49.3 Å². The maximum Gasteiger partial charge on any atom is 0.243 e. The van der Waals surface area contributed by atoms with Gasteiger partial charge < -0.3 is 5.73 Å². The van der Waals surface area contributed by atoms with Crippen molar-refractivity contribution in [3.63, 3.8) is 0 Å². The van der Waals surface area contributed by atoms with E-state index in [1.54, 1.807) is 0 Å². The van der Waals surface area contributed by atoms with E-state index in [2.05, 4.69) is 0 Å². The summed E-state index contributed by atoms with van der Waals surface area (Å²) in [5.74, 6) is 0.446. The molecule has 0 aromatic heterocycles. The fourth-order valence-corrected chi connectivity index (χ4v) is 5.46. The second kappa shape index (κ2) is 5.34. The largest absolute Gasteiger partial charge is 0.326 e. The van der Waals surface area contributed by atoms with Gasteiger partial charge in [-0.1, -0.05) is 6.42 Å². The lowest BCUT2D eigenvalue weighted by Crippen LogP contribution is -2.30. The van der Waals surface area contributed by atoms with Crippen molar-refractivity contribution in [2.45, 2.75) is 37.6 Å². The Balaban J connectivity index is 1.97. The van der Waals surface area contributed by atoms with Crippen LogP contribution in [0.4, 0.5) is 4.39 Å². The van der Waals surface area contributed by atoms with Crippen LogP contribution in [0.25, 0.3) is 0 Å². The molecular weight excluding hydrogens is 291 g/mol. The van der Waals surface area contributed by atoms with E-state index in [-0.39, 0.29) is 17.0 Å². The fourth-order valence-electron chi connectivity index (χ4n) is 3.62. The maximum atomic E-state index is 13.9. The van der Waals surface area contributed by atoms with Gasteiger partial charge >= 0.3 is 0 Å². The van der Waals surface area contributed by atoms with Crippen LogP contribution in [-0.4, -0.2) is 25.8 Å². The Bertz CT molecular complexity index is 648. The molecule has 2 aliphatic rings. The van der Waals surface area contributed by atoms with Crippen molar-refractivity contribution in [1.29, 1.82) is 0 Å². The van der Waals surface area contributed by atoms with Crippen LogP contribution in [0.1, 0.15) is 30.4 Å². The molecule has 0 radical (unpaired) electrons. The number of halogens is 1. The van der Waals surface area contributed by atoms with Crippen LogP contribution in [0.15, 0.2) is 17.0 Å². The first kappa shape index (κ1) is 14.9. The highest BCUT2D eigenvalue weighted by Crippen LogP contribution is 2.40. The molecule has 2 unspecified atom stereocenters. The van der Waals surface area contributed by atoms with Gasteiger partial charge in [0.15, 0.2) is 0 Å². The number of benzene rings is 1. The first-order chi connectivity index (χ1) is 9.93. The molecule has 1 aromatic rings. The summed E-state index contributed by atoms with van der Waals surface area (Å²) < 4.78 is 41.1. The molecule has 21 heavy (non-hydrogen) atoms. The monoisotopic (exact) mass is 312 g/mol. The summed E-state index contributed by atoms with van der Waals surface area (Å²) in [6.45, 7) is 2.78. The van der Waals surface area contributed by atoms with Gasteiger partial charge in [-0.15, -0.1) is 0 Å². The van der Waals surface area contributed by atoms with Gasteiger partial charge in [-0.25, -0.2) is 12.8 Å². The van der Waals surface area contributed by atoms with Crippen LogP contribution < -0.4 is 5.73 Å². The summed E-state index contributed by atoms with van der Waals surface area (Å²) in [6.07, 6.45) is 3.40. The van der Waals surface area contributed by atoms with Gasteiger partial charge in [0, 0.05) is 25.2 Å². The van der Waals surface area contributed by atoms with E-state index in [0.29, 0.717) is 30.5 Å². The first-order valence-electron chi connectivity index (χ1n) is 7.42. The summed E-state index contributed by atoms with van der Waals surface area (Å²) in [6, 6.07) is 2.83. The molecule has 0 amide bonds. The normalized spacial score (nSPS) is 26.2. The molecule has 2 fully saturated rings. The number of sulfonamides is 1. The lowest BCUT2D eigenvalue weighted by atomic mass is 10.0. The minimum atomic E-state index is -3.63. The number of hydrogen-bond acceptors (Lipinski definition) is 3. The van der Waals surface area contributed by atoms with Crippen molar-refractivity contribution in [3.05, 3.63) is 29.1 Å². The molecule has 0 spiro atoms. The molecule has 116 valence electrons. The average Bonchev–Trinajstić information content (AvgIpc) is 3.02. The molecule has 3 rings (SSSR count). The molecule has 6 heteroatoms. The average molecular weight is 312 g/mol. The van der Waals surface area contributed by atoms with Crippen molar-refractivity contribution in [2.75, 3.05) is 13.1 Å². The molecule has 1 saturated heterocycles. The zero-order valence-electron chi connectivity index (χ0n) is 12.2. The van der Waals surface area contributed by atoms with Crippen LogP contribution >= 0.6 is 0 Å². The SMILES string of the molecule is Cc1c(F)cc(CN)cc1S(=O)(=O)N1CC2CCCC2C1. The predicted octanol–water partition coefficient (Wildman–Crippen LogP) is 2.01. The Hall–Kier alpha value is -0.980. The molecule has 1 aliphatic heterocycles. The van der Waals surface area contributed by atoms with Crippen molar-refractivity contribution in [1.82, 2.24) is 4.31 Å². The Labute approximate surface area is 125 Å². The summed E-state index contributed by atoms with van der Waals surface area (Å²) >= 11 is 0. The molecule has 2 atom stereocenters. The second-order valence-corrected chi connectivity index (χ2v) is 8.08. The van der Waals surface area contributed by atoms with Gasteiger partial charge in [-0.2, -0.15) is 4.31 Å². The molecule has 1 aliphatic carbocycles. The number of fused-ring (bicyclic) bond motifs is 1.